The Bertz CT molecular complexity index is 228. The van der Waals surface area contributed by atoms with E-state index < -0.39 is 6.16 Å². The predicted molar refractivity (Wildman–Crippen MR) is 54.6 cm³/mol. The highest BCUT2D eigenvalue weighted by Gasteiger charge is 2.29. The molecule has 0 radical (unpaired) electrons. The quantitative estimate of drug-likeness (QED) is 0.511. The maximum Gasteiger partial charge on any atom is 0.503 e. The second kappa shape index (κ2) is 6.23. The van der Waals surface area contributed by atoms with Crippen LogP contribution in [-0.2, 0) is 4.79 Å². The van der Waals surface area contributed by atoms with Gasteiger partial charge in [0.25, 0.3) is 0 Å². The van der Waals surface area contributed by atoms with Gasteiger partial charge >= 0.3 is 6.16 Å². The molecule has 6 nitrogen and oxygen atoms in total. The van der Waals surface area contributed by atoms with E-state index in [4.69, 9.17) is 20.7 Å². The summed E-state index contributed by atoms with van der Waals surface area (Å²) in [6.45, 7) is 3.71. The molecule has 88 valence electrons. The summed E-state index contributed by atoms with van der Waals surface area (Å²) in [6, 6.07) is 0.372. The fourth-order valence-electron chi connectivity index (χ4n) is 1.76. The van der Waals surface area contributed by atoms with E-state index in [9.17, 15) is 4.79 Å². The van der Waals surface area contributed by atoms with Crippen molar-refractivity contribution >= 4 is 12.1 Å². The maximum absolute atomic E-state index is 10.7. The Morgan fingerprint density at radius 3 is 2.07 bits per heavy atom. The van der Waals surface area contributed by atoms with Crippen molar-refractivity contribution in [3.05, 3.63) is 0 Å². The molecular formula is C9H18N2O4. The fraction of sp³-hybridized carbons (Fsp3) is 0.778. The summed E-state index contributed by atoms with van der Waals surface area (Å²) >= 11 is 0. The topological polar surface area (TPSA) is 113 Å². The number of nitrogens with two attached hydrogens (primary N) is 1. The summed E-state index contributed by atoms with van der Waals surface area (Å²) in [5, 5.41) is 16.8. The molecule has 1 aliphatic rings. The molecule has 0 spiro atoms. The van der Waals surface area contributed by atoms with Gasteiger partial charge in [0.05, 0.1) is 0 Å². The molecule has 1 aliphatic carbocycles. The third kappa shape index (κ3) is 6.73. The molecule has 0 unspecified atom stereocenters. The van der Waals surface area contributed by atoms with Crippen LogP contribution in [0.2, 0.25) is 0 Å². The van der Waals surface area contributed by atoms with Crippen molar-refractivity contribution in [1.82, 2.24) is 5.32 Å². The van der Waals surface area contributed by atoms with Crippen molar-refractivity contribution < 1.29 is 19.8 Å². The summed E-state index contributed by atoms with van der Waals surface area (Å²) in [5.41, 5.74) is 5.80. The van der Waals surface area contributed by atoms with Crippen LogP contribution in [0.25, 0.3) is 0 Å². The van der Waals surface area contributed by atoms with E-state index in [1.165, 1.54) is 6.92 Å². The Kier molecular flexibility index (Phi) is 5.69. The largest absolute Gasteiger partial charge is 0.503 e. The molecular weight excluding hydrogens is 200 g/mol. The van der Waals surface area contributed by atoms with E-state index in [1.807, 2.05) is 0 Å². The molecule has 15 heavy (non-hydrogen) atoms. The van der Waals surface area contributed by atoms with Crippen molar-refractivity contribution in [1.29, 1.82) is 0 Å². The Labute approximate surface area is 88.5 Å². The van der Waals surface area contributed by atoms with Crippen LogP contribution < -0.4 is 11.1 Å². The molecule has 1 rings (SSSR count). The minimum absolute atomic E-state index is 0.0274. The Hall–Kier alpha value is -1.30. The zero-order valence-electron chi connectivity index (χ0n) is 8.93. The lowest BCUT2D eigenvalue weighted by molar-refractivity contribution is -0.119. The SMILES string of the molecule is CC(=O)N[C@H]1C[C@@H](C)C[C@@H]1N.O=C(O)O. The van der Waals surface area contributed by atoms with Gasteiger partial charge in [-0.3, -0.25) is 4.79 Å². The Morgan fingerprint density at radius 1 is 1.33 bits per heavy atom. The van der Waals surface area contributed by atoms with Crippen molar-refractivity contribution in [2.75, 3.05) is 0 Å². The second-order valence-electron chi connectivity index (χ2n) is 3.83. The molecule has 1 fully saturated rings. The zero-order valence-corrected chi connectivity index (χ0v) is 8.93. The number of amides is 1. The number of carboxylic acid groups (broad SMARTS) is 2. The first-order valence-electron chi connectivity index (χ1n) is 4.77. The van der Waals surface area contributed by atoms with Crippen molar-refractivity contribution in [3.63, 3.8) is 0 Å². The van der Waals surface area contributed by atoms with E-state index in [1.54, 1.807) is 0 Å². The van der Waals surface area contributed by atoms with E-state index in [2.05, 4.69) is 12.2 Å². The summed E-state index contributed by atoms with van der Waals surface area (Å²) in [5.74, 6) is 0.682. The second-order valence-corrected chi connectivity index (χ2v) is 3.83. The number of carbonyl (C=O) groups excluding carboxylic acids is 1. The lowest BCUT2D eigenvalue weighted by atomic mass is 10.1. The maximum atomic E-state index is 10.7. The molecule has 0 bridgehead atoms. The molecule has 0 aromatic rings. The first-order chi connectivity index (χ1) is 6.82. The van der Waals surface area contributed by atoms with E-state index >= 15 is 0 Å². The minimum atomic E-state index is -1.83. The van der Waals surface area contributed by atoms with Crippen molar-refractivity contribution in [2.24, 2.45) is 11.7 Å². The standard InChI is InChI=1S/C8H16N2O.CH2O3/c1-5-3-7(9)8(4-5)10-6(2)11;2-1(3)4/h5,7-8H,3-4,9H2,1-2H3,(H,10,11);(H2,2,3,4)/t5-,7-,8-;/m0./s1. The first kappa shape index (κ1) is 13.7. The molecule has 0 aliphatic heterocycles. The Balaban J connectivity index is 0.000000423. The van der Waals surface area contributed by atoms with Crippen LogP contribution >= 0.6 is 0 Å². The Morgan fingerprint density at radius 2 is 1.80 bits per heavy atom. The van der Waals surface area contributed by atoms with Crippen molar-refractivity contribution in [2.45, 2.75) is 38.8 Å². The number of rotatable bonds is 1. The van der Waals surface area contributed by atoms with Crippen LogP contribution in [0.15, 0.2) is 0 Å². The lowest BCUT2D eigenvalue weighted by Gasteiger charge is -2.15. The van der Waals surface area contributed by atoms with Gasteiger partial charge in [0.2, 0.25) is 5.91 Å². The van der Waals surface area contributed by atoms with Gasteiger partial charge in [0.1, 0.15) is 0 Å². The van der Waals surface area contributed by atoms with Gasteiger partial charge in [-0.05, 0) is 18.8 Å². The molecule has 5 N–H and O–H groups in total. The van der Waals surface area contributed by atoms with Crippen LogP contribution in [0, 0.1) is 5.92 Å². The zero-order chi connectivity index (χ0) is 12.0. The van der Waals surface area contributed by atoms with Gasteiger partial charge in [-0.2, -0.15) is 0 Å². The van der Waals surface area contributed by atoms with Crippen LogP contribution in [0.3, 0.4) is 0 Å². The molecule has 0 aromatic heterocycles. The van der Waals surface area contributed by atoms with Crippen LogP contribution in [0.5, 0.6) is 0 Å². The summed E-state index contributed by atoms with van der Waals surface area (Å²) in [4.78, 5) is 19.2. The third-order valence-corrected chi connectivity index (χ3v) is 2.24. The molecule has 0 saturated heterocycles. The smallest absolute Gasteiger partial charge is 0.450 e. The molecule has 6 heteroatoms. The third-order valence-electron chi connectivity index (χ3n) is 2.24. The van der Waals surface area contributed by atoms with E-state index in [0.717, 1.165) is 12.8 Å². The predicted octanol–water partition coefficient (Wildman–Crippen LogP) is 0.471. The molecule has 1 saturated carbocycles. The number of hydrogen-bond donors (Lipinski definition) is 4. The van der Waals surface area contributed by atoms with Gasteiger partial charge in [-0.15, -0.1) is 0 Å². The van der Waals surface area contributed by atoms with E-state index in [-0.39, 0.29) is 18.0 Å². The molecule has 0 aromatic carbocycles. The molecule has 1 amide bonds. The monoisotopic (exact) mass is 218 g/mol. The van der Waals surface area contributed by atoms with Gasteiger partial charge in [0, 0.05) is 19.0 Å². The van der Waals surface area contributed by atoms with Gasteiger partial charge in [0.15, 0.2) is 0 Å². The van der Waals surface area contributed by atoms with Crippen LogP contribution in [0.4, 0.5) is 4.79 Å². The van der Waals surface area contributed by atoms with Crippen molar-refractivity contribution in [3.8, 4) is 0 Å². The van der Waals surface area contributed by atoms with Gasteiger partial charge in [-0.1, -0.05) is 6.92 Å². The molecule has 0 heterocycles. The summed E-state index contributed by atoms with van der Waals surface area (Å²) in [7, 11) is 0. The van der Waals surface area contributed by atoms with Gasteiger partial charge < -0.3 is 21.3 Å². The molecule has 3 atom stereocenters. The summed E-state index contributed by atoms with van der Waals surface area (Å²) < 4.78 is 0. The fourth-order valence-corrected chi connectivity index (χ4v) is 1.76. The van der Waals surface area contributed by atoms with Crippen LogP contribution in [0.1, 0.15) is 26.7 Å². The normalized spacial score (nSPS) is 28.9. The lowest BCUT2D eigenvalue weighted by Crippen LogP contribution is -2.42. The highest BCUT2D eigenvalue weighted by molar-refractivity contribution is 5.73. The van der Waals surface area contributed by atoms with Crippen LogP contribution in [-0.4, -0.2) is 34.4 Å². The minimum Gasteiger partial charge on any atom is -0.450 e. The number of hydrogen-bond acceptors (Lipinski definition) is 3. The number of carbonyl (C=O) groups is 2. The number of nitrogens with one attached hydrogen (secondary N) is 1. The first-order valence-corrected chi connectivity index (χ1v) is 4.77. The van der Waals surface area contributed by atoms with Gasteiger partial charge in [-0.25, -0.2) is 4.79 Å². The highest BCUT2D eigenvalue weighted by Crippen LogP contribution is 2.23. The summed E-state index contributed by atoms with van der Waals surface area (Å²) in [6.07, 6.45) is 0.228. The average Bonchev–Trinajstić information content (AvgIpc) is 2.27. The van der Waals surface area contributed by atoms with E-state index in [0.29, 0.717) is 5.92 Å². The highest BCUT2D eigenvalue weighted by atomic mass is 16.6. The average molecular weight is 218 g/mol.